The fraction of sp³-hybridized carbons (Fsp3) is 0.0833. The summed E-state index contributed by atoms with van der Waals surface area (Å²) in [6.07, 6.45) is 0. The predicted molar refractivity (Wildman–Crippen MR) is 114 cm³/mol. The first-order valence-corrected chi connectivity index (χ1v) is 9.51. The lowest BCUT2D eigenvalue weighted by Crippen LogP contribution is -2.29. The Hall–Kier alpha value is -4.26. The summed E-state index contributed by atoms with van der Waals surface area (Å²) in [6, 6.07) is 17.5. The number of para-hydroxylation sites is 1. The minimum atomic E-state index is -0.769. The highest BCUT2D eigenvalue weighted by atomic mass is 16.5. The Labute approximate surface area is 178 Å². The van der Waals surface area contributed by atoms with Crippen molar-refractivity contribution in [2.75, 3.05) is 17.2 Å². The monoisotopic (exact) mass is 414 g/mol. The summed E-state index contributed by atoms with van der Waals surface area (Å²) in [6.45, 7) is 1.33. The summed E-state index contributed by atoms with van der Waals surface area (Å²) in [5.41, 5.74) is 8.08. The summed E-state index contributed by atoms with van der Waals surface area (Å²) in [7, 11) is 0. The van der Waals surface area contributed by atoms with Crippen LogP contribution in [-0.2, 0) is 4.74 Å². The summed E-state index contributed by atoms with van der Waals surface area (Å²) in [5, 5.41) is 0. The molecule has 1 heterocycles. The number of nitrogens with zero attached hydrogens (tertiary/aromatic N) is 1. The van der Waals surface area contributed by atoms with E-state index in [0.717, 1.165) is 10.5 Å². The number of esters is 1. The maximum atomic E-state index is 12.9. The van der Waals surface area contributed by atoms with Crippen LogP contribution in [0.3, 0.4) is 0 Å². The van der Waals surface area contributed by atoms with Crippen molar-refractivity contribution in [2.45, 2.75) is 6.92 Å². The van der Waals surface area contributed by atoms with Crippen LogP contribution in [-0.4, -0.2) is 30.2 Å². The number of carbonyl (C=O) groups excluding carboxylic acids is 4. The van der Waals surface area contributed by atoms with E-state index in [0.29, 0.717) is 16.9 Å². The molecule has 3 aromatic carbocycles. The lowest BCUT2D eigenvalue weighted by molar-refractivity contribution is 0.0474. The van der Waals surface area contributed by atoms with E-state index in [1.807, 2.05) is 6.07 Å². The standard InChI is InChI=1S/C24H18N2O5/c1-14-5-2-3-8-20(14)26-22(28)18-10-9-16(12-19(18)23(26)29)24(30)31-13-21(27)15-6-4-7-17(25)11-15/h2-12H,13,25H2,1H3. The normalized spacial score (nSPS) is 12.6. The first-order valence-electron chi connectivity index (χ1n) is 9.51. The van der Waals surface area contributed by atoms with Gasteiger partial charge >= 0.3 is 5.97 Å². The van der Waals surface area contributed by atoms with Gasteiger partial charge in [0.05, 0.1) is 22.4 Å². The number of amides is 2. The van der Waals surface area contributed by atoms with Crippen molar-refractivity contribution in [1.82, 2.24) is 0 Å². The molecule has 2 N–H and O–H groups in total. The molecule has 0 spiro atoms. The topological polar surface area (TPSA) is 107 Å². The number of imide groups is 1. The number of Topliss-reactive ketones (excluding diaryl/α,β-unsaturated/α-hetero) is 1. The number of benzene rings is 3. The fourth-order valence-electron chi connectivity index (χ4n) is 3.41. The van der Waals surface area contributed by atoms with E-state index >= 15 is 0 Å². The smallest absolute Gasteiger partial charge is 0.338 e. The van der Waals surface area contributed by atoms with Gasteiger partial charge in [0.15, 0.2) is 12.4 Å². The third-order valence-electron chi connectivity index (χ3n) is 5.02. The maximum absolute atomic E-state index is 12.9. The fourth-order valence-corrected chi connectivity index (χ4v) is 3.41. The molecule has 1 aliphatic rings. The van der Waals surface area contributed by atoms with Gasteiger partial charge in [-0.25, -0.2) is 9.69 Å². The molecule has 1 aliphatic heterocycles. The zero-order valence-corrected chi connectivity index (χ0v) is 16.6. The van der Waals surface area contributed by atoms with E-state index in [1.54, 1.807) is 43.3 Å². The van der Waals surface area contributed by atoms with Crippen LogP contribution in [0.5, 0.6) is 0 Å². The molecule has 4 rings (SSSR count). The number of carbonyl (C=O) groups is 4. The molecule has 0 aromatic heterocycles. The highest BCUT2D eigenvalue weighted by Crippen LogP contribution is 2.31. The molecule has 3 aromatic rings. The number of nitrogen functional groups attached to an aromatic ring is 1. The number of ketones is 1. The van der Waals surface area contributed by atoms with E-state index in [2.05, 4.69) is 0 Å². The molecule has 0 saturated carbocycles. The van der Waals surface area contributed by atoms with E-state index in [-0.39, 0.29) is 16.7 Å². The van der Waals surface area contributed by atoms with Crippen molar-refractivity contribution >= 4 is 34.9 Å². The second kappa shape index (κ2) is 7.87. The van der Waals surface area contributed by atoms with Crippen LogP contribution in [0.4, 0.5) is 11.4 Å². The van der Waals surface area contributed by atoms with Crippen molar-refractivity contribution in [3.05, 3.63) is 94.5 Å². The molecule has 2 amide bonds. The van der Waals surface area contributed by atoms with Gasteiger partial charge in [-0.2, -0.15) is 0 Å². The Morgan fingerprint density at radius 1 is 0.871 bits per heavy atom. The number of nitrogens with two attached hydrogens (primary N) is 1. The number of fused-ring (bicyclic) bond motifs is 1. The molecule has 0 bridgehead atoms. The second-order valence-electron chi connectivity index (χ2n) is 7.12. The Kier molecular flexibility index (Phi) is 5.09. The molecule has 31 heavy (non-hydrogen) atoms. The summed E-state index contributed by atoms with van der Waals surface area (Å²) >= 11 is 0. The first kappa shape index (κ1) is 20.0. The van der Waals surface area contributed by atoms with Gasteiger partial charge in [0.2, 0.25) is 0 Å². The molecule has 0 radical (unpaired) electrons. The molecule has 0 atom stereocenters. The number of rotatable bonds is 5. The van der Waals surface area contributed by atoms with E-state index in [4.69, 9.17) is 10.5 Å². The highest BCUT2D eigenvalue weighted by Gasteiger charge is 2.37. The van der Waals surface area contributed by atoms with Crippen LogP contribution >= 0.6 is 0 Å². The Morgan fingerprint density at radius 3 is 2.35 bits per heavy atom. The van der Waals surface area contributed by atoms with Crippen LogP contribution in [0.2, 0.25) is 0 Å². The van der Waals surface area contributed by atoms with Gasteiger partial charge in [-0.05, 0) is 48.9 Å². The second-order valence-corrected chi connectivity index (χ2v) is 7.12. The number of hydrogen-bond acceptors (Lipinski definition) is 6. The average Bonchev–Trinajstić information content (AvgIpc) is 3.02. The van der Waals surface area contributed by atoms with E-state index < -0.39 is 30.2 Å². The van der Waals surface area contributed by atoms with E-state index in [1.165, 1.54) is 24.3 Å². The minimum Gasteiger partial charge on any atom is -0.454 e. The molecule has 154 valence electrons. The van der Waals surface area contributed by atoms with Gasteiger partial charge in [-0.3, -0.25) is 14.4 Å². The van der Waals surface area contributed by atoms with Crippen LogP contribution in [0, 0.1) is 6.92 Å². The highest BCUT2D eigenvalue weighted by molar-refractivity contribution is 6.35. The Morgan fingerprint density at radius 2 is 1.61 bits per heavy atom. The van der Waals surface area contributed by atoms with Gasteiger partial charge in [0.25, 0.3) is 11.8 Å². The quantitative estimate of drug-likeness (QED) is 0.297. The number of hydrogen-bond donors (Lipinski definition) is 1. The number of ether oxygens (including phenoxy) is 1. The molecule has 0 fully saturated rings. The van der Waals surface area contributed by atoms with Crippen molar-refractivity contribution in [1.29, 1.82) is 0 Å². The molecular formula is C24H18N2O5. The molecular weight excluding hydrogens is 396 g/mol. The molecule has 7 nitrogen and oxygen atoms in total. The third-order valence-corrected chi connectivity index (χ3v) is 5.02. The number of anilines is 2. The van der Waals surface area contributed by atoms with Crippen molar-refractivity contribution in [3.63, 3.8) is 0 Å². The summed E-state index contributed by atoms with van der Waals surface area (Å²) < 4.78 is 5.10. The third kappa shape index (κ3) is 3.69. The largest absolute Gasteiger partial charge is 0.454 e. The number of aryl methyl sites for hydroxylation is 1. The van der Waals surface area contributed by atoms with Crippen molar-refractivity contribution in [2.24, 2.45) is 0 Å². The van der Waals surface area contributed by atoms with Crippen LogP contribution in [0.15, 0.2) is 66.7 Å². The zero-order valence-electron chi connectivity index (χ0n) is 16.6. The van der Waals surface area contributed by atoms with Crippen LogP contribution in [0.1, 0.15) is 47.0 Å². The van der Waals surface area contributed by atoms with Crippen molar-refractivity contribution < 1.29 is 23.9 Å². The van der Waals surface area contributed by atoms with Gasteiger partial charge in [0.1, 0.15) is 0 Å². The van der Waals surface area contributed by atoms with Crippen LogP contribution in [0.25, 0.3) is 0 Å². The van der Waals surface area contributed by atoms with Crippen LogP contribution < -0.4 is 10.6 Å². The van der Waals surface area contributed by atoms with Crippen molar-refractivity contribution in [3.8, 4) is 0 Å². The molecule has 7 heteroatoms. The molecule has 0 unspecified atom stereocenters. The Bertz CT molecular complexity index is 1250. The van der Waals surface area contributed by atoms with Gasteiger partial charge < -0.3 is 10.5 Å². The zero-order chi connectivity index (χ0) is 22.1. The summed E-state index contributed by atoms with van der Waals surface area (Å²) in [4.78, 5) is 51.4. The van der Waals surface area contributed by atoms with Gasteiger partial charge in [-0.15, -0.1) is 0 Å². The van der Waals surface area contributed by atoms with E-state index in [9.17, 15) is 19.2 Å². The Balaban J connectivity index is 1.52. The summed E-state index contributed by atoms with van der Waals surface area (Å²) in [5.74, 6) is -2.14. The molecule has 0 aliphatic carbocycles. The average molecular weight is 414 g/mol. The molecule has 0 saturated heterocycles. The minimum absolute atomic E-state index is 0.0758. The van der Waals surface area contributed by atoms with Gasteiger partial charge in [-0.1, -0.05) is 30.3 Å². The SMILES string of the molecule is Cc1ccccc1N1C(=O)c2ccc(C(=O)OCC(=O)c3cccc(N)c3)cc2C1=O. The maximum Gasteiger partial charge on any atom is 0.338 e. The lowest BCUT2D eigenvalue weighted by atomic mass is 10.1. The first-order chi connectivity index (χ1) is 14.9. The predicted octanol–water partition coefficient (Wildman–Crippen LogP) is 3.42. The lowest BCUT2D eigenvalue weighted by Gasteiger charge is -2.16. The van der Waals surface area contributed by atoms with Gasteiger partial charge in [0, 0.05) is 11.3 Å².